The highest BCUT2D eigenvalue weighted by molar-refractivity contribution is 5.93. The molecular weight excluding hydrogens is 248 g/mol. The van der Waals surface area contributed by atoms with Gasteiger partial charge in [-0.1, -0.05) is 30.3 Å². The average molecular weight is 262 g/mol. The van der Waals surface area contributed by atoms with E-state index < -0.39 is 24.0 Å². The van der Waals surface area contributed by atoms with Crippen molar-refractivity contribution in [3.05, 3.63) is 35.9 Å². The number of amides is 2. The van der Waals surface area contributed by atoms with Crippen molar-refractivity contribution in [3.8, 4) is 0 Å². The van der Waals surface area contributed by atoms with Crippen LogP contribution in [0.4, 0.5) is 0 Å². The van der Waals surface area contributed by atoms with Crippen molar-refractivity contribution in [2.24, 2.45) is 0 Å². The molecule has 1 saturated heterocycles. The number of hydrogen-bond donors (Lipinski definition) is 3. The van der Waals surface area contributed by atoms with Crippen LogP contribution in [0.2, 0.25) is 0 Å². The number of aliphatic carboxylic acids is 1. The van der Waals surface area contributed by atoms with Gasteiger partial charge in [0.25, 0.3) is 0 Å². The summed E-state index contributed by atoms with van der Waals surface area (Å²) in [6, 6.07) is 6.69. The molecule has 1 fully saturated rings. The topological polar surface area (TPSA) is 95.5 Å². The molecule has 0 saturated carbocycles. The third kappa shape index (κ3) is 3.09. The Labute approximate surface area is 109 Å². The molecule has 1 aromatic carbocycles. The molecule has 6 heteroatoms. The molecule has 6 nitrogen and oxygen atoms in total. The molecule has 2 amide bonds. The van der Waals surface area contributed by atoms with Gasteiger partial charge in [-0.2, -0.15) is 0 Å². The quantitative estimate of drug-likeness (QED) is 0.722. The number of benzene rings is 1. The summed E-state index contributed by atoms with van der Waals surface area (Å²) in [5.74, 6) is -1.79. The predicted octanol–water partition coefficient (Wildman–Crippen LogP) is 0.207. The SMILES string of the molecule is O=C1CC[C@@H](C(=O)N[C@@H](C(=O)O)c2ccccc2)N1. The molecule has 1 heterocycles. The van der Waals surface area contributed by atoms with Crippen LogP contribution in [0.5, 0.6) is 0 Å². The largest absolute Gasteiger partial charge is 0.479 e. The second-order valence-corrected chi connectivity index (χ2v) is 4.35. The van der Waals surface area contributed by atoms with Gasteiger partial charge in [0.1, 0.15) is 6.04 Å². The number of carbonyl (C=O) groups excluding carboxylic acids is 2. The number of carboxylic acids is 1. The van der Waals surface area contributed by atoms with Crippen molar-refractivity contribution in [1.82, 2.24) is 10.6 Å². The van der Waals surface area contributed by atoms with Gasteiger partial charge in [0.15, 0.2) is 6.04 Å². The maximum atomic E-state index is 11.9. The molecule has 1 aliphatic rings. The van der Waals surface area contributed by atoms with Gasteiger partial charge in [0.05, 0.1) is 0 Å². The van der Waals surface area contributed by atoms with E-state index in [0.717, 1.165) is 0 Å². The van der Waals surface area contributed by atoms with Crippen molar-refractivity contribution >= 4 is 17.8 Å². The van der Waals surface area contributed by atoms with Crippen LogP contribution < -0.4 is 10.6 Å². The van der Waals surface area contributed by atoms with Crippen LogP contribution in [0, 0.1) is 0 Å². The summed E-state index contributed by atoms with van der Waals surface area (Å²) >= 11 is 0. The van der Waals surface area contributed by atoms with Crippen molar-refractivity contribution in [2.45, 2.75) is 24.9 Å². The maximum Gasteiger partial charge on any atom is 0.330 e. The first kappa shape index (κ1) is 13.1. The molecular formula is C13H14N2O4. The van der Waals surface area contributed by atoms with Crippen LogP contribution in [0.25, 0.3) is 0 Å². The lowest BCUT2D eigenvalue weighted by atomic mass is 10.1. The zero-order chi connectivity index (χ0) is 13.8. The van der Waals surface area contributed by atoms with E-state index in [1.807, 2.05) is 0 Å². The van der Waals surface area contributed by atoms with Crippen LogP contribution in [-0.4, -0.2) is 28.9 Å². The van der Waals surface area contributed by atoms with Gasteiger partial charge in [0.2, 0.25) is 11.8 Å². The maximum absolute atomic E-state index is 11.9. The molecule has 0 spiro atoms. The Bertz CT molecular complexity index is 501. The van der Waals surface area contributed by atoms with Gasteiger partial charge in [-0.05, 0) is 12.0 Å². The summed E-state index contributed by atoms with van der Waals surface area (Å²) in [6.07, 6.45) is 0.687. The Hall–Kier alpha value is -2.37. The molecule has 1 aromatic rings. The van der Waals surface area contributed by atoms with E-state index in [4.69, 9.17) is 5.11 Å². The molecule has 2 atom stereocenters. The van der Waals surface area contributed by atoms with Crippen LogP contribution in [0.3, 0.4) is 0 Å². The third-order valence-corrected chi connectivity index (χ3v) is 2.98. The van der Waals surface area contributed by atoms with Crippen molar-refractivity contribution in [3.63, 3.8) is 0 Å². The first-order chi connectivity index (χ1) is 9.08. The minimum absolute atomic E-state index is 0.188. The van der Waals surface area contributed by atoms with E-state index in [0.29, 0.717) is 18.4 Å². The van der Waals surface area contributed by atoms with Gasteiger partial charge in [-0.3, -0.25) is 9.59 Å². The molecule has 0 bridgehead atoms. The minimum Gasteiger partial charge on any atom is -0.479 e. The Balaban J connectivity index is 2.07. The van der Waals surface area contributed by atoms with Gasteiger partial charge in [0, 0.05) is 6.42 Å². The molecule has 3 N–H and O–H groups in total. The average Bonchev–Trinajstić information content (AvgIpc) is 2.83. The number of carbonyl (C=O) groups is 3. The zero-order valence-corrected chi connectivity index (χ0v) is 10.1. The molecule has 100 valence electrons. The molecule has 2 rings (SSSR count). The standard InChI is InChI=1S/C13H14N2O4/c16-10-7-6-9(14-10)12(17)15-11(13(18)19)8-4-2-1-3-5-8/h1-5,9,11H,6-7H2,(H,14,16)(H,15,17)(H,18,19)/t9-,11+/m0/s1. The van der Waals surface area contributed by atoms with E-state index >= 15 is 0 Å². The second-order valence-electron chi connectivity index (χ2n) is 4.35. The van der Waals surface area contributed by atoms with Crippen molar-refractivity contribution in [2.75, 3.05) is 0 Å². The van der Waals surface area contributed by atoms with Crippen molar-refractivity contribution in [1.29, 1.82) is 0 Å². The molecule has 0 aromatic heterocycles. The zero-order valence-electron chi connectivity index (χ0n) is 10.1. The van der Waals surface area contributed by atoms with Crippen LogP contribution in [-0.2, 0) is 14.4 Å². The van der Waals surface area contributed by atoms with Crippen LogP contribution in [0.1, 0.15) is 24.4 Å². The van der Waals surface area contributed by atoms with E-state index in [1.165, 1.54) is 0 Å². The monoisotopic (exact) mass is 262 g/mol. The highest BCUT2D eigenvalue weighted by atomic mass is 16.4. The summed E-state index contributed by atoms with van der Waals surface area (Å²) in [5, 5.41) is 14.1. The van der Waals surface area contributed by atoms with Gasteiger partial charge >= 0.3 is 5.97 Å². The summed E-state index contributed by atoms with van der Waals surface area (Å²) in [5.41, 5.74) is 0.493. The number of hydrogen-bond acceptors (Lipinski definition) is 3. The predicted molar refractivity (Wildman–Crippen MR) is 66.1 cm³/mol. The minimum atomic E-state index is -1.14. The highest BCUT2D eigenvalue weighted by Gasteiger charge is 2.30. The summed E-state index contributed by atoms with van der Waals surface area (Å²) < 4.78 is 0. The highest BCUT2D eigenvalue weighted by Crippen LogP contribution is 2.14. The molecule has 1 aliphatic heterocycles. The first-order valence-corrected chi connectivity index (χ1v) is 5.95. The lowest BCUT2D eigenvalue weighted by Gasteiger charge is -2.17. The van der Waals surface area contributed by atoms with Crippen molar-refractivity contribution < 1.29 is 19.5 Å². The summed E-state index contributed by atoms with van der Waals surface area (Å²) in [4.78, 5) is 34.1. The van der Waals surface area contributed by atoms with Gasteiger partial charge in [-0.15, -0.1) is 0 Å². The van der Waals surface area contributed by atoms with Crippen LogP contribution >= 0.6 is 0 Å². The molecule has 19 heavy (non-hydrogen) atoms. The molecule has 0 radical (unpaired) electrons. The number of rotatable bonds is 4. The fraction of sp³-hybridized carbons (Fsp3) is 0.308. The first-order valence-electron chi connectivity index (χ1n) is 5.95. The van der Waals surface area contributed by atoms with E-state index in [2.05, 4.69) is 10.6 Å². The van der Waals surface area contributed by atoms with E-state index in [1.54, 1.807) is 30.3 Å². The lowest BCUT2D eigenvalue weighted by Crippen LogP contribution is -2.44. The molecule has 0 aliphatic carbocycles. The second kappa shape index (κ2) is 5.51. The Morgan fingerprint density at radius 1 is 1.32 bits per heavy atom. The fourth-order valence-corrected chi connectivity index (χ4v) is 1.99. The van der Waals surface area contributed by atoms with Gasteiger partial charge < -0.3 is 15.7 Å². The third-order valence-electron chi connectivity index (χ3n) is 2.98. The summed E-state index contributed by atoms with van der Waals surface area (Å²) in [7, 11) is 0. The normalized spacial score (nSPS) is 19.6. The van der Waals surface area contributed by atoms with Crippen LogP contribution in [0.15, 0.2) is 30.3 Å². The Kier molecular flexibility index (Phi) is 3.79. The number of carboxylic acid groups (broad SMARTS) is 1. The van der Waals surface area contributed by atoms with E-state index in [9.17, 15) is 14.4 Å². The lowest BCUT2D eigenvalue weighted by molar-refractivity contribution is -0.142. The van der Waals surface area contributed by atoms with E-state index in [-0.39, 0.29) is 5.91 Å². The number of nitrogens with one attached hydrogen (secondary N) is 2. The Morgan fingerprint density at radius 2 is 2.00 bits per heavy atom. The van der Waals surface area contributed by atoms with Gasteiger partial charge in [-0.25, -0.2) is 4.79 Å². The molecule has 0 unspecified atom stereocenters. The fourth-order valence-electron chi connectivity index (χ4n) is 1.99. The smallest absolute Gasteiger partial charge is 0.330 e. The Morgan fingerprint density at radius 3 is 2.53 bits per heavy atom. The summed E-state index contributed by atoms with van der Waals surface area (Å²) in [6.45, 7) is 0.